The lowest BCUT2D eigenvalue weighted by atomic mass is 9.93. The number of ether oxygens (including phenoxy) is 2. The number of nitrogens with one attached hydrogen (secondary N) is 1. The van der Waals surface area contributed by atoms with E-state index in [0.29, 0.717) is 18.9 Å². The molecular formula is C42H53NO5Si. The van der Waals surface area contributed by atoms with Crippen LogP contribution in [0, 0.1) is 0 Å². The van der Waals surface area contributed by atoms with Crippen molar-refractivity contribution in [1.29, 1.82) is 0 Å². The summed E-state index contributed by atoms with van der Waals surface area (Å²) >= 11 is 0. The van der Waals surface area contributed by atoms with Crippen LogP contribution in [0.2, 0.25) is 18.1 Å². The van der Waals surface area contributed by atoms with Crippen molar-refractivity contribution in [2.45, 2.75) is 90.6 Å². The van der Waals surface area contributed by atoms with E-state index in [1.165, 1.54) is 6.08 Å². The number of carbonyl (C=O) groups excluding carboxylic acids is 1. The number of rotatable bonds is 16. The molecule has 0 spiro atoms. The Morgan fingerprint density at radius 2 is 1.45 bits per heavy atom. The minimum atomic E-state index is -2.15. The SMILES string of the molecule is CC(C)(Cc1cccc(/C=C/C(=O)OCc2ccccc2)c1)NC[C@@H](O[Si](C)(C)C(C)(C)C)c1ccc(OCc2ccccc2)c(CO)c1. The Morgan fingerprint density at radius 1 is 0.816 bits per heavy atom. The van der Waals surface area contributed by atoms with E-state index in [1.54, 1.807) is 6.08 Å². The van der Waals surface area contributed by atoms with Gasteiger partial charge in [-0.15, -0.1) is 0 Å². The zero-order chi connectivity index (χ0) is 35.5. The second-order valence-corrected chi connectivity index (χ2v) is 19.5. The van der Waals surface area contributed by atoms with Crippen molar-refractivity contribution in [3.63, 3.8) is 0 Å². The molecule has 0 unspecified atom stereocenters. The van der Waals surface area contributed by atoms with E-state index < -0.39 is 8.32 Å². The van der Waals surface area contributed by atoms with Crippen LogP contribution in [-0.4, -0.2) is 31.5 Å². The number of aliphatic hydroxyl groups excluding tert-OH is 1. The van der Waals surface area contributed by atoms with E-state index in [0.717, 1.165) is 39.8 Å². The smallest absolute Gasteiger partial charge is 0.331 e. The third-order valence-electron chi connectivity index (χ3n) is 9.11. The summed E-state index contributed by atoms with van der Waals surface area (Å²) in [6.45, 7) is 16.8. The van der Waals surface area contributed by atoms with Crippen molar-refractivity contribution in [2.75, 3.05) is 6.54 Å². The van der Waals surface area contributed by atoms with E-state index in [1.807, 2.05) is 84.9 Å². The van der Waals surface area contributed by atoms with E-state index >= 15 is 0 Å². The molecule has 0 aromatic heterocycles. The van der Waals surface area contributed by atoms with Crippen LogP contribution in [-0.2, 0) is 40.2 Å². The molecule has 0 heterocycles. The topological polar surface area (TPSA) is 77.0 Å². The van der Waals surface area contributed by atoms with Crippen LogP contribution in [0.3, 0.4) is 0 Å². The summed E-state index contributed by atoms with van der Waals surface area (Å²) < 4.78 is 18.5. The Hall–Kier alpha value is -4.01. The highest BCUT2D eigenvalue weighted by Crippen LogP contribution is 2.40. The zero-order valence-electron chi connectivity index (χ0n) is 30.2. The number of esters is 1. The minimum absolute atomic E-state index is 0.0290. The molecule has 0 aliphatic rings. The van der Waals surface area contributed by atoms with Crippen LogP contribution >= 0.6 is 0 Å². The lowest BCUT2D eigenvalue weighted by Crippen LogP contribution is -2.47. The minimum Gasteiger partial charge on any atom is -0.489 e. The molecule has 4 aromatic carbocycles. The first kappa shape index (κ1) is 37.8. The van der Waals surface area contributed by atoms with Gasteiger partial charge in [0.2, 0.25) is 0 Å². The van der Waals surface area contributed by atoms with Gasteiger partial charge < -0.3 is 24.3 Å². The molecule has 7 heteroatoms. The summed E-state index contributed by atoms with van der Waals surface area (Å²) in [5.74, 6) is 0.303. The maximum atomic E-state index is 12.3. The van der Waals surface area contributed by atoms with Crippen LogP contribution in [0.1, 0.15) is 74.1 Å². The average Bonchev–Trinajstić information content (AvgIpc) is 3.07. The van der Waals surface area contributed by atoms with Crippen LogP contribution < -0.4 is 10.1 Å². The Morgan fingerprint density at radius 3 is 2.08 bits per heavy atom. The summed E-state index contributed by atoms with van der Waals surface area (Å²) in [5.41, 5.74) is 5.61. The average molecular weight is 680 g/mol. The maximum Gasteiger partial charge on any atom is 0.331 e. The Kier molecular flexibility index (Phi) is 13.2. The molecule has 4 aromatic rings. The molecule has 0 bridgehead atoms. The molecule has 0 aliphatic heterocycles. The van der Waals surface area contributed by atoms with E-state index in [9.17, 15) is 9.90 Å². The van der Waals surface area contributed by atoms with E-state index in [-0.39, 0.29) is 35.9 Å². The van der Waals surface area contributed by atoms with Gasteiger partial charge in [0.1, 0.15) is 19.0 Å². The molecule has 260 valence electrons. The first-order valence-electron chi connectivity index (χ1n) is 17.1. The molecule has 2 N–H and O–H groups in total. The van der Waals surface area contributed by atoms with Crippen molar-refractivity contribution in [2.24, 2.45) is 0 Å². The standard InChI is InChI=1S/C42H53NO5Si/c1-41(2,3)49(6,7)48-39(36-22-23-38(37(26-36)29-44)46-30-33-15-10-8-11-16-33)28-43-42(4,5)27-35-20-14-19-32(25-35)21-24-40(45)47-31-34-17-12-9-13-18-34/h8-26,39,43-44H,27-31H2,1-7H3/b24-21+/t39-/m1/s1. The molecule has 49 heavy (non-hydrogen) atoms. The van der Waals surface area contributed by atoms with Gasteiger partial charge in [0.25, 0.3) is 0 Å². The second kappa shape index (κ2) is 17.1. The summed E-state index contributed by atoms with van der Waals surface area (Å²) in [6, 6.07) is 33.9. The molecule has 0 fully saturated rings. The van der Waals surface area contributed by atoms with Crippen molar-refractivity contribution in [1.82, 2.24) is 5.32 Å². The second-order valence-electron chi connectivity index (χ2n) is 14.8. The maximum absolute atomic E-state index is 12.3. The molecule has 0 saturated heterocycles. The summed E-state index contributed by atoms with van der Waals surface area (Å²) in [4.78, 5) is 12.3. The molecular weight excluding hydrogens is 627 g/mol. The monoisotopic (exact) mass is 679 g/mol. The van der Waals surface area contributed by atoms with E-state index in [4.69, 9.17) is 13.9 Å². The third kappa shape index (κ3) is 11.8. The van der Waals surface area contributed by atoms with Crippen LogP contribution in [0.5, 0.6) is 5.75 Å². The Labute approximate surface area is 294 Å². The van der Waals surface area contributed by atoms with Gasteiger partial charge in [0, 0.05) is 23.7 Å². The van der Waals surface area contributed by atoms with Crippen LogP contribution in [0.15, 0.2) is 109 Å². The fourth-order valence-electron chi connectivity index (χ4n) is 5.25. The molecule has 6 nitrogen and oxygen atoms in total. The van der Waals surface area contributed by atoms with Crippen molar-refractivity contribution in [3.05, 3.63) is 143 Å². The quantitative estimate of drug-likeness (QED) is 0.0699. The number of benzene rings is 4. The highest BCUT2D eigenvalue weighted by Gasteiger charge is 2.40. The fourth-order valence-corrected chi connectivity index (χ4v) is 6.53. The normalized spacial score (nSPS) is 13.0. The summed E-state index contributed by atoms with van der Waals surface area (Å²) in [7, 11) is -2.15. The van der Waals surface area contributed by atoms with E-state index in [2.05, 4.69) is 71.2 Å². The fraction of sp³-hybridized carbons (Fsp3) is 0.357. The van der Waals surface area contributed by atoms with Crippen LogP contribution in [0.4, 0.5) is 0 Å². The largest absolute Gasteiger partial charge is 0.489 e. The molecule has 0 aliphatic carbocycles. The van der Waals surface area contributed by atoms with Crippen molar-refractivity contribution < 1.29 is 23.8 Å². The third-order valence-corrected chi connectivity index (χ3v) is 13.6. The van der Waals surface area contributed by atoms with Gasteiger partial charge in [-0.3, -0.25) is 0 Å². The molecule has 0 saturated carbocycles. The Bertz CT molecular complexity index is 1660. The first-order chi connectivity index (χ1) is 23.2. The lowest BCUT2D eigenvalue weighted by Gasteiger charge is -2.40. The van der Waals surface area contributed by atoms with Gasteiger partial charge in [0.05, 0.1) is 12.7 Å². The number of hydrogen-bond donors (Lipinski definition) is 2. The number of carbonyl (C=O) groups is 1. The molecule has 1 atom stereocenters. The highest BCUT2D eigenvalue weighted by atomic mass is 28.4. The number of aliphatic hydroxyl groups is 1. The highest BCUT2D eigenvalue weighted by molar-refractivity contribution is 6.74. The van der Waals surface area contributed by atoms with Crippen LogP contribution in [0.25, 0.3) is 6.08 Å². The van der Waals surface area contributed by atoms with Gasteiger partial charge >= 0.3 is 5.97 Å². The van der Waals surface area contributed by atoms with Gasteiger partial charge in [-0.05, 0) is 84.4 Å². The molecule has 0 amide bonds. The summed E-state index contributed by atoms with van der Waals surface area (Å²) in [6.07, 6.45) is 3.83. The van der Waals surface area contributed by atoms with Crippen molar-refractivity contribution in [3.8, 4) is 5.75 Å². The molecule has 4 rings (SSSR count). The molecule has 0 radical (unpaired) electrons. The van der Waals surface area contributed by atoms with Gasteiger partial charge in [-0.2, -0.15) is 0 Å². The van der Waals surface area contributed by atoms with Gasteiger partial charge in [-0.1, -0.05) is 112 Å². The predicted octanol–water partition coefficient (Wildman–Crippen LogP) is 9.19. The lowest BCUT2D eigenvalue weighted by molar-refractivity contribution is -0.138. The van der Waals surface area contributed by atoms with Gasteiger partial charge in [-0.25, -0.2) is 4.79 Å². The van der Waals surface area contributed by atoms with Crippen molar-refractivity contribution >= 4 is 20.4 Å². The summed E-state index contributed by atoms with van der Waals surface area (Å²) in [5, 5.41) is 14.1. The Balaban J connectivity index is 1.44. The zero-order valence-corrected chi connectivity index (χ0v) is 31.2. The number of hydrogen-bond acceptors (Lipinski definition) is 6. The van der Waals surface area contributed by atoms with Gasteiger partial charge in [0.15, 0.2) is 8.32 Å². The predicted molar refractivity (Wildman–Crippen MR) is 202 cm³/mol. The first-order valence-corrected chi connectivity index (χ1v) is 20.0.